The fraction of sp³-hybridized carbons (Fsp3) is 0.500. The number of aliphatic hydroxyl groups excluding tert-OH is 1. The van der Waals surface area contributed by atoms with E-state index < -0.39 is 22.0 Å². The molecule has 1 aromatic rings. The maximum Gasteiger partial charge on any atom is 0.154 e. The van der Waals surface area contributed by atoms with Crippen molar-refractivity contribution in [2.24, 2.45) is 0 Å². The molecular formula is C12H16FNO3S. The van der Waals surface area contributed by atoms with E-state index in [0.29, 0.717) is 13.0 Å². The molecule has 2 atom stereocenters. The lowest BCUT2D eigenvalue weighted by molar-refractivity contribution is 0.166. The molecule has 4 nitrogen and oxygen atoms in total. The summed E-state index contributed by atoms with van der Waals surface area (Å²) in [6, 6.07) is 5.78. The third-order valence-corrected chi connectivity index (χ3v) is 4.77. The van der Waals surface area contributed by atoms with Crippen LogP contribution in [0.25, 0.3) is 0 Å². The molecule has 0 aliphatic carbocycles. The molecule has 0 spiro atoms. The highest BCUT2D eigenvalue weighted by Gasteiger charge is 2.35. The van der Waals surface area contributed by atoms with Crippen LogP contribution in [0.1, 0.15) is 5.56 Å². The molecule has 0 radical (unpaired) electrons. The number of rotatable bonds is 4. The first kappa shape index (κ1) is 13.5. The van der Waals surface area contributed by atoms with Crippen molar-refractivity contribution in [2.45, 2.75) is 18.6 Å². The summed E-state index contributed by atoms with van der Waals surface area (Å²) in [4.78, 5) is 0. The molecule has 1 fully saturated rings. The molecule has 0 aromatic heterocycles. The monoisotopic (exact) mass is 273 g/mol. The zero-order valence-corrected chi connectivity index (χ0v) is 10.7. The number of halogens is 1. The largest absolute Gasteiger partial charge is 0.390 e. The van der Waals surface area contributed by atoms with E-state index in [1.54, 1.807) is 12.1 Å². The quantitative estimate of drug-likeness (QED) is 0.817. The molecule has 0 saturated carbocycles. The van der Waals surface area contributed by atoms with Crippen LogP contribution in [-0.4, -0.2) is 43.7 Å². The zero-order valence-electron chi connectivity index (χ0n) is 9.84. The van der Waals surface area contributed by atoms with E-state index in [4.69, 9.17) is 0 Å². The van der Waals surface area contributed by atoms with Gasteiger partial charge in [0.2, 0.25) is 0 Å². The number of nitrogens with one attached hydrogen (secondary N) is 1. The van der Waals surface area contributed by atoms with E-state index in [9.17, 15) is 17.9 Å². The highest BCUT2D eigenvalue weighted by molar-refractivity contribution is 7.91. The van der Waals surface area contributed by atoms with Gasteiger partial charge in [0.15, 0.2) is 9.84 Å². The molecule has 1 aliphatic rings. The number of hydrogen-bond acceptors (Lipinski definition) is 4. The minimum Gasteiger partial charge on any atom is -0.390 e. The lowest BCUT2D eigenvalue weighted by Gasteiger charge is -2.14. The van der Waals surface area contributed by atoms with Gasteiger partial charge >= 0.3 is 0 Å². The average Bonchev–Trinajstić information content (AvgIpc) is 2.55. The smallest absolute Gasteiger partial charge is 0.154 e. The Morgan fingerprint density at radius 2 is 1.94 bits per heavy atom. The highest BCUT2D eigenvalue weighted by Crippen LogP contribution is 2.12. The molecule has 1 aliphatic heterocycles. The van der Waals surface area contributed by atoms with Crippen LogP contribution in [0.2, 0.25) is 0 Å². The summed E-state index contributed by atoms with van der Waals surface area (Å²) in [5, 5.41) is 12.6. The number of benzene rings is 1. The minimum absolute atomic E-state index is 0.0163. The second-order valence-electron chi connectivity index (χ2n) is 4.58. The van der Waals surface area contributed by atoms with Crippen molar-refractivity contribution in [3.63, 3.8) is 0 Å². The average molecular weight is 273 g/mol. The topological polar surface area (TPSA) is 66.4 Å². The molecule has 1 heterocycles. The Hall–Kier alpha value is -0.980. The van der Waals surface area contributed by atoms with Gasteiger partial charge in [-0.15, -0.1) is 0 Å². The number of hydrogen-bond donors (Lipinski definition) is 2. The van der Waals surface area contributed by atoms with E-state index in [1.807, 2.05) is 0 Å². The molecule has 2 N–H and O–H groups in total. The Kier molecular flexibility index (Phi) is 3.99. The van der Waals surface area contributed by atoms with Crippen LogP contribution < -0.4 is 5.32 Å². The van der Waals surface area contributed by atoms with Crippen molar-refractivity contribution in [2.75, 3.05) is 18.1 Å². The Bertz CT molecular complexity index is 501. The first-order chi connectivity index (χ1) is 8.46. The Labute approximate surface area is 106 Å². The molecule has 100 valence electrons. The molecule has 2 rings (SSSR count). The maximum atomic E-state index is 12.7. The van der Waals surface area contributed by atoms with Gasteiger partial charge in [-0.25, -0.2) is 12.8 Å². The summed E-state index contributed by atoms with van der Waals surface area (Å²) in [7, 11) is -3.11. The van der Waals surface area contributed by atoms with E-state index in [2.05, 4.69) is 5.32 Å². The highest BCUT2D eigenvalue weighted by atomic mass is 32.2. The van der Waals surface area contributed by atoms with Crippen LogP contribution in [0.4, 0.5) is 4.39 Å². The molecule has 0 bridgehead atoms. The maximum absolute atomic E-state index is 12.7. The van der Waals surface area contributed by atoms with Gasteiger partial charge in [0.05, 0.1) is 17.6 Å². The zero-order chi connectivity index (χ0) is 13.2. The molecule has 0 amide bonds. The van der Waals surface area contributed by atoms with Crippen LogP contribution in [0, 0.1) is 5.82 Å². The first-order valence-electron chi connectivity index (χ1n) is 5.82. The van der Waals surface area contributed by atoms with Crippen LogP contribution in [0.3, 0.4) is 0 Å². The van der Waals surface area contributed by atoms with Crippen LogP contribution in [0.15, 0.2) is 24.3 Å². The van der Waals surface area contributed by atoms with Crippen molar-refractivity contribution in [3.8, 4) is 0 Å². The fourth-order valence-electron chi connectivity index (χ4n) is 2.08. The van der Waals surface area contributed by atoms with Gasteiger partial charge in [0.25, 0.3) is 0 Å². The van der Waals surface area contributed by atoms with Gasteiger partial charge in [0, 0.05) is 6.04 Å². The van der Waals surface area contributed by atoms with Crippen molar-refractivity contribution in [1.82, 2.24) is 5.32 Å². The van der Waals surface area contributed by atoms with Crippen molar-refractivity contribution < 1.29 is 17.9 Å². The summed E-state index contributed by atoms with van der Waals surface area (Å²) in [6.45, 7) is 0.558. The van der Waals surface area contributed by atoms with Crippen molar-refractivity contribution >= 4 is 9.84 Å². The van der Waals surface area contributed by atoms with Gasteiger partial charge in [-0.05, 0) is 30.7 Å². The Balaban J connectivity index is 1.81. The van der Waals surface area contributed by atoms with Gasteiger partial charge in [-0.2, -0.15) is 0 Å². The van der Waals surface area contributed by atoms with Gasteiger partial charge in [-0.3, -0.25) is 0 Å². The summed E-state index contributed by atoms with van der Waals surface area (Å²) in [5.41, 5.74) is 0.972. The van der Waals surface area contributed by atoms with Crippen molar-refractivity contribution in [1.29, 1.82) is 0 Å². The second-order valence-corrected chi connectivity index (χ2v) is 6.74. The molecule has 6 heteroatoms. The number of sulfone groups is 1. The van der Waals surface area contributed by atoms with Crippen LogP contribution in [-0.2, 0) is 16.3 Å². The first-order valence-corrected chi connectivity index (χ1v) is 7.65. The predicted octanol–water partition coefficient (Wildman–Crippen LogP) is 0.116. The summed E-state index contributed by atoms with van der Waals surface area (Å²) in [5.74, 6) is -0.456. The molecule has 1 saturated heterocycles. The minimum atomic E-state index is -3.11. The Morgan fingerprint density at radius 3 is 2.50 bits per heavy atom. The van der Waals surface area contributed by atoms with E-state index in [-0.39, 0.29) is 17.3 Å². The van der Waals surface area contributed by atoms with Gasteiger partial charge in [-0.1, -0.05) is 12.1 Å². The lowest BCUT2D eigenvalue weighted by Crippen LogP contribution is -2.39. The fourth-order valence-corrected chi connectivity index (χ4v) is 3.85. The predicted molar refractivity (Wildman–Crippen MR) is 66.6 cm³/mol. The van der Waals surface area contributed by atoms with Crippen LogP contribution in [0.5, 0.6) is 0 Å². The van der Waals surface area contributed by atoms with E-state index in [0.717, 1.165) is 5.56 Å². The number of aliphatic hydroxyl groups is 1. The standard InChI is InChI=1S/C12H16FNO3S/c13-10-3-1-9(2-4-10)5-6-14-11-7-18(16,17)8-12(11)15/h1-4,11-12,14-15H,5-8H2. The molecular weight excluding hydrogens is 257 g/mol. The van der Waals surface area contributed by atoms with E-state index >= 15 is 0 Å². The van der Waals surface area contributed by atoms with Crippen LogP contribution >= 0.6 is 0 Å². The lowest BCUT2D eigenvalue weighted by atomic mass is 10.1. The third-order valence-electron chi connectivity index (χ3n) is 3.06. The second kappa shape index (κ2) is 5.34. The van der Waals surface area contributed by atoms with Crippen molar-refractivity contribution in [3.05, 3.63) is 35.6 Å². The SMILES string of the molecule is O=S1(=O)CC(O)C(NCCc2ccc(F)cc2)C1. The molecule has 1 aromatic carbocycles. The summed E-state index contributed by atoms with van der Waals surface area (Å²) < 4.78 is 35.2. The van der Waals surface area contributed by atoms with E-state index in [1.165, 1.54) is 12.1 Å². The molecule has 18 heavy (non-hydrogen) atoms. The third kappa shape index (κ3) is 3.51. The molecule has 2 unspecified atom stereocenters. The summed E-state index contributed by atoms with van der Waals surface area (Å²) in [6.07, 6.45) is -0.160. The van der Waals surface area contributed by atoms with Gasteiger partial charge < -0.3 is 10.4 Å². The Morgan fingerprint density at radius 1 is 1.28 bits per heavy atom. The normalized spacial score (nSPS) is 26.3. The summed E-state index contributed by atoms with van der Waals surface area (Å²) >= 11 is 0. The van der Waals surface area contributed by atoms with Gasteiger partial charge in [0.1, 0.15) is 5.82 Å².